The number of rotatable bonds is 3. The smallest absolute Gasteiger partial charge is 0.258 e. The van der Waals surface area contributed by atoms with E-state index in [1.165, 1.54) is 4.40 Å². The summed E-state index contributed by atoms with van der Waals surface area (Å²) in [6.45, 7) is 0. The lowest BCUT2D eigenvalue weighted by atomic mass is 10.4. The highest BCUT2D eigenvalue weighted by atomic mass is 32.2. The molecule has 2 N–H and O–H groups in total. The predicted molar refractivity (Wildman–Crippen MR) is 79.7 cm³/mol. The number of nitrogens with two attached hydrogens (primary N) is 1. The number of anilines is 1. The summed E-state index contributed by atoms with van der Waals surface area (Å²) in [5, 5.41) is 0. The van der Waals surface area contributed by atoms with Crippen LogP contribution in [-0.4, -0.2) is 14.4 Å². The summed E-state index contributed by atoms with van der Waals surface area (Å²) in [6, 6.07) is 8.89. The zero-order valence-electron chi connectivity index (χ0n) is 10.6. The van der Waals surface area contributed by atoms with Gasteiger partial charge in [-0.25, -0.2) is 4.98 Å². The van der Waals surface area contributed by atoms with Crippen LogP contribution >= 0.6 is 11.8 Å². The number of hydrogen-bond acceptors (Lipinski definition) is 5. The van der Waals surface area contributed by atoms with Crippen molar-refractivity contribution >= 4 is 23.1 Å². The molecule has 0 saturated carbocycles. The Hall–Kier alpha value is -2.34. The van der Waals surface area contributed by atoms with Gasteiger partial charge in [-0.3, -0.25) is 14.2 Å². The molecule has 5 nitrogen and oxygen atoms in total. The van der Waals surface area contributed by atoms with E-state index in [4.69, 9.17) is 5.73 Å². The Morgan fingerprint density at radius 3 is 3.05 bits per heavy atom. The van der Waals surface area contributed by atoms with Crippen LogP contribution in [-0.2, 0) is 5.75 Å². The van der Waals surface area contributed by atoms with Crippen LogP contribution in [0.3, 0.4) is 0 Å². The molecule has 0 spiro atoms. The summed E-state index contributed by atoms with van der Waals surface area (Å²) in [7, 11) is 0. The molecule has 0 atom stereocenters. The first kappa shape index (κ1) is 12.7. The van der Waals surface area contributed by atoms with Gasteiger partial charge >= 0.3 is 0 Å². The minimum atomic E-state index is -0.0751. The van der Waals surface area contributed by atoms with Gasteiger partial charge in [-0.2, -0.15) is 0 Å². The van der Waals surface area contributed by atoms with E-state index in [1.807, 2.05) is 24.3 Å². The predicted octanol–water partition coefficient (Wildman–Crippen LogP) is 1.96. The fourth-order valence-electron chi connectivity index (χ4n) is 1.85. The van der Waals surface area contributed by atoms with Gasteiger partial charge in [0.15, 0.2) is 0 Å². The highest BCUT2D eigenvalue weighted by Gasteiger charge is 2.04. The average Bonchev–Trinajstić information content (AvgIpc) is 2.46. The third-order valence-corrected chi connectivity index (χ3v) is 3.93. The van der Waals surface area contributed by atoms with Gasteiger partial charge in [0.2, 0.25) is 0 Å². The Kier molecular flexibility index (Phi) is 3.39. The van der Waals surface area contributed by atoms with Crippen LogP contribution in [0.1, 0.15) is 5.69 Å². The summed E-state index contributed by atoms with van der Waals surface area (Å²) in [5.74, 6) is 0.592. The summed E-state index contributed by atoms with van der Waals surface area (Å²) in [4.78, 5) is 21.3. The number of thioether (sulfide) groups is 1. The maximum atomic E-state index is 12.0. The number of nitrogens with zero attached hydrogens (tertiary/aromatic N) is 3. The summed E-state index contributed by atoms with van der Waals surface area (Å²) in [6.07, 6.45) is 5.02. The minimum Gasteiger partial charge on any atom is -0.397 e. The highest BCUT2D eigenvalue weighted by Crippen LogP contribution is 2.26. The van der Waals surface area contributed by atoms with Crippen LogP contribution in [0.4, 0.5) is 5.69 Å². The van der Waals surface area contributed by atoms with Crippen molar-refractivity contribution in [2.24, 2.45) is 0 Å². The van der Waals surface area contributed by atoms with Crippen molar-refractivity contribution in [1.82, 2.24) is 14.4 Å². The number of nitrogen functional groups attached to an aromatic ring is 1. The largest absolute Gasteiger partial charge is 0.397 e. The quantitative estimate of drug-likeness (QED) is 0.744. The molecular formula is C14H12N4OS. The van der Waals surface area contributed by atoms with Crippen LogP contribution in [0.5, 0.6) is 0 Å². The van der Waals surface area contributed by atoms with Crippen LogP contribution in [0.15, 0.2) is 58.6 Å². The SMILES string of the molecule is Nc1cnccc1SCc1cc(=O)n2ccccc2n1. The lowest BCUT2D eigenvalue weighted by molar-refractivity contribution is 1.01. The number of hydrogen-bond donors (Lipinski definition) is 1. The van der Waals surface area contributed by atoms with E-state index < -0.39 is 0 Å². The van der Waals surface area contributed by atoms with Crippen LogP contribution in [0.25, 0.3) is 5.65 Å². The fourth-order valence-corrected chi connectivity index (χ4v) is 2.68. The lowest BCUT2D eigenvalue weighted by Crippen LogP contribution is -2.14. The van der Waals surface area contributed by atoms with Crippen LogP contribution < -0.4 is 11.3 Å². The van der Waals surface area contributed by atoms with E-state index in [1.54, 1.807) is 36.4 Å². The second kappa shape index (κ2) is 5.34. The summed E-state index contributed by atoms with van der Waals surface area (Å²) in [5.41, 5.74) is 7.78. The molecule has 3 rings (SSSR count). The lowest BCUT2D eigenvalue weighted by Gasteiger charge is -2.05. The van der Waals surface area contributed by atoms with Gasteiger partial charge in [-0.1, -0.05) is 6.07 Å². The average molecular weight is 284 g/mol. The zero-order chi connectivity index (χ0) is 13.9. The topological polar surface area (TPSA) is 73.3 Å². The molecule has 3 aromatic heterocycles. The molecule has 0 bridgehead atoms. The first-order valence-corrected chi connectivity index (χ1v) is 7.02. The van der Waals surface area contributed by atoms with E-state index in [9.17, 15) is 4.79 Å². The standard InChI is InChI=1S/C14H12N4OS/c15-11-8-16-5-4-12(11)20-9-10-7-14(19)18-6-2-1-3-13(18)17-10/h1-8H,9,15H2. The monoisotopic (exact) mass is 284 g/mol. The van der Waals surface area contributed by atoms with Crippen LogP contribution in [0.2, 0.25) is 0 Å². The molecule has 20 heavy (non-hydrogen) atoms. The van der Waals surface area contributed by atoms with Crippen molar-refractivity contribution in [2.75, 3.05) is 5.73 Å². The Morgan fingerprint density at radius 2 is 2.20 bits per heavy atom. The van der Waals surface area contributed by atoms with E-state index in [0.29, 0.717) is 17.1 Å². The van der Waals surface area contributed by atoms with Crippen molar-refractivity contribution in [1.29, 1.82) is 0 Å². The Morgan fingerprint density at radius 1 is 1.30 bits per heavy atom. The minimum absolute atomic E-state index is 0.0751. The number of fused-ring (bicyclic) bond motifs is 1. The van der Waals surface area contributed by atoms with E-state index in [2.05, 4.69) is 9.97 Å². The van der Waals surface area contributed by atoms with Crippen molar-refractivity contribution in [3.63, 3.8) is 0 Å². The number of aromatic nitrogens is 3. The van der Waals surface area contributed by atoms with Gasteiger partial charge in [-0.05, 0) is 18.2 Å². The molecule has 3 aromatic rings. The highest BCUT2D eigenvalue weighted by molar-refractivity contribution is 7.98. The first-order valence-electron chi connectivity index (χ1n) is 6.03. The van der Waals surface area contributed by atoms with E-state index >= 15 is 0 Å². The second-order valence-electron chi connectivity index (χ2n) is 4.22. The first-order chi connectivity index (χ1) is 9.74. The van der Waals surface area contributed by atoms with E-state index in [0.717, 1.165) is 10.6 Å². The molecule has 0 aliphatic heterocycles. The molecule has 0 radical (unpaired) electrons. The van der Waals surface area contributed by atoms with Crippen molar-refractivity contribution < 1.29 is 0 Å². The van der Waals surface area contributed by atoms with Gasteiger partial charge < -0.3 is 5.73 Å². The maximum Gasteiger partial charge on any atom is 0.258 e. The molecular weight excluding hydrogens is 272 g/mol. The maximum absolute atomic E-state index is 12.0. The molecule has 0 unspecified atom stereocenters. The van der Waals surface area contributed by atoms with Gasteiger partial charge in [0.05, 0.1) is 17.6 Å². The van der Waals surface area contributed by atoms with Crippen molar-refractivity contribution in [3.05, 3.63) is 65.0 Å². The summed E-state index contributed by atoms with van der Waals surface area (Å²) < 4.78 is 1.52. The van der Waals surface area contributed by atoms with Gasteiger partial charge in [-0.15, -0.1) is 11.8 Å². The molecule has 0 saturated heterocycles. The van der Waals surface area contributed by atoms with Gasteiger partial charge in [0.25, 0.3) is 5.56 Å². The molecule has 0 aliphatic carbocycles. The Balaban J connectivity index is 1.88. The molecule has 6 heteroatoms. The third kappa shape index (κ3) is 2.50. The fraction of sp³-hybridized carbons (Fsp3) is 0.0714. The van der Waals surface area contributed by atoms with Gasteiger partial charge in [0.1, 0.15) is 5.65 Å². The molecule has 0 fully saturated rings. The molecule has 0 aromatic carbocycles. The summed E-state index contributed by atoms with van der Waals surface area (Å²) >= 11 is 1.54. The van der Waals surface area contributed by atoms with Crippen molar-refractivity contribution in [3.8, 4) is 0 Å². The Labute approximate surface area is 119 Å². The molecule has 0 amide bonds. The Bertz CT molecular complexity index is 815. The normalized spacial score (nSPS) is 10.8. The molecule has 100 valence electrons. The van der Waals surface area contributed by atoms with E-state index in [-0.39, 0.29) is 5.56 Å². The molecule has 0 aliphatic rings. The van der Waals surface area contributed by atoms with Crippen molar-refractivity contribution in [2.45, 2.75) is 10.6 Å². The second-order valence-corrected chi connectivity index (χ2v) is 5.23. The number of pyridine rings is 2. The van der Waals surface area contributed by atoms with Gasteiger partial charge in [0, 0.05) is 29.1 Å². The molecule has 3 heterocycles. The third-order valence-electron chi connectivity index (χ3n) is 2.81. The zero-order valence-corrected chi connectivity index (χ0v) is 11.4. The van der Waals surface area contributed by atoms with Crippen LogP contribution in [0, 0.1) is 0 Å².